The molecule has 0 heterocycles. The average Bonchev–Trinajstić information content (AvgIpc) is 2.03. The molecule has 0 aromatic heterocycles. The van der Waals surface area contributed by atoms with Crippen molar-refractivity contribution >= 4 is 31.9 Å². The van der Waals surface area contributed by atoms with Gasteiger partial charge in [0.05, 0.1) is 9.30 Å². The minimum absolute atomic E-state index is 0.248. The summed E-state index contributed by atoms with van der Waals surface area (Å²) in [5.41, 5.74) is -0.0799. The highest BCUT2D eigenvalue weighted by Gasteiger charge is 2.30. The second-order valence-electron chi connectivity index (χ2n) is 2.42. The van der Waals surface area contributed by atoms with Crippen LogP contribution in [0.15, 0.2) is 24.3 Å². The standard InChI is InChI=1S/C8H5Br2F3/c9-7(10)5-2-1-3-6(4-5)8(11,12)13/h1-4,7H. The van der Waals surface area contributed by atoms with E-state index in [-0.39, 0.29) is 3.74 Å². The Morgan fingerprint density at radius 3 is 2.23 bits per heavy atom. The molecule has 1 aromatic rings. The molecule has 0 amide bonds. The molecule has 0 nitrogen and oxygen atoms in total. The summed E-state index contributed by atoms with van der Waals surface area (Å²) in [5.74, 6) is 0. The molecular weight excluding hydrogens is 313 g/mol. The van der Waals surface area contributed by atoms with Crippen molar-refractivity contribution < 1.29 is 13.2 Å². The highest BCUT2D eigenvalue weighted by Crippen LogP contribution is 2.34. The predicted octanol–water partition coefficient (Wildman–Crippen LogP) is 4.49. The van der Waals surface area contributed by atoms with Gasteiger partial charge in [0.2, 0.25) is 0 Å². The van der Waals surface area contributed by atoms with Gasteiger partial charge in [0.1, 0.15) is 0 Å². The molecular formula is C8H5Br2F3. The number of hydrogen-bond acceptors (Lipinski definition) is 0. The maximum Gasteiger partial charge on any atom is 0.416 e. The second-order valence-corrected chi connectivity index (χ2v) is 5.48. The average molecular weight is 318 g/mol. The lowest BCUT2D eigenvalue weighted by Crippen LogP contribution is -2.04. The van der Waals surface area contributed by atoms with Crippen LogP contribution < -0.4 is 0 Å². The van der Waals surface area contributed by atoms with Crippen LogP contribution in [0.3, 0.4) is 0 Å². The first-order valence-corrected chi connectivity index (χ1v) is 5.19. The van der Waals surface area contributed by atoms with Crippen LogP contribution in [-0.2, 0) is 6.18 Å². The molecule has 13 heavy (non-hydrogen) atoms. The minimum atomic E-state index is -4.27. The van der Waals surface area contributed by atoms with Crippen LogP contribution in [0, 0.1) is 0 Å². The molecule has 0 atom stereocenters. The van der Waals surface area contributed by atoms with Gasteiger partial charge in [0, 0.05) is 0 Å². The van der Waals surface area contributed by atoms with Crippen molar-refractivity contribution in [1.29, 1.82) is 0 Å². The SMILES string of the molecule is FC(F)(F)c1cccc(C(Br)Br)c1. The van der Waals surface area contributed by atoms with E-state index in [4.69, 9.17) is 0 Å². The highest BCUT2D eigenvalue weighted by molar-refractivity contribution is 9.24. The Kier molecular flexibility index (Phi) is 3.40. The van der Waals surface area contributed by atoms with Crippen molar-refractivity contribution in [2.24, 2.45) is 0 Å². The maximum absolute atomic E-state index is 12.2. The number of halogens is 5. The van der Waals surface area contributed by atoms with Crippen LogP contribution in [0.25, 0.3) is 0 Å². The summed E-state index contributed by atoms with van der Waals surface area (Å²) in [6.07, 6.45) is -4.27. The van der Waals surface area contributed by atoms with E-state index in [9.17, 15) is 13.2 Å². The Morgan fingerprint density at radius 2 is 1.77 bits per heavy atom. The molecule has 0 aliphatic carbocycles. The molecule has 0 radical (unpaired) electrons. The lowest BCUT2D eigenvalue weighted by atomic mass is 10.1. The van der Waals surface area contributed by atoms with Gasteiger partial charge in [0.15, 0.2) is 0 Å². The zero-order chi connectivity index (χ0) is 10.1. The molecule has 0 bridgehead atoms. The molecule has 5 heteroatoms. The summed E-state index contributed by atoms with van der Waals surface area (Å²) in [6, 6.07) is 5.15. The van der Waals surface area contributed by atoms with Gasteiger partial charge in [0.25, 0.3) is 0 Å². The van der Waals surface area contributed by atoms with Crippen molar-refractivity contribution in [2.75, 3.05) is 0 Å². The van der Waals surface area contributed by atoms with Crippen LogP contribution in [0.2, 0.25) is 0 Å². The fourth-order valence-corrected chi connectivity index (χ4v) is 1.42. The van der Waals surface area contributed by atoms with Gasteiger partial charge >= 0.3 is 6.18 Å². The van der Waals surface area contributed by atoms with Crippen LogP contribution in [0.1, 0.15) is 14.9 Å². The maximum atomic E-state index is 12.2. The van der Waals surface area contributed by atoms with Crippen molar-refractivity contribution in [1.82, 2.24) is 0 Å². The fraction of sp³-hybridized carbons (Fsp3) is 0.250. The van der Waals surface area contributed by atoms with E-state index in [0.29, 0.717) is 5.56 Å². The summed E-state index contributed by atoms with van der Waals surface area (Å²) < 4.78 is 36.4. The van der Waals surface area contributed by atoms with Gasteiger partial charge in [-0.05, 0) is 17.7 Å². The third-order valence-electron chi connectivity index (χ3n) is 1.47. The summed E-state index contributed by atoms with van der Waals surface area (Å²) >= 11 is 6.27. The molecule has 0 aliphatic rings. The van der Waals surface area contributed by atoms with E-state index >= 15 is 0 Å². The van der Waals surface area contributed by atoms with E-state index in [1.807, 2.05) is 0 Å². The summed E-state index contributed by atoms with van der Waals surface area (Å²) in [4.78, 5) is 0. The van der Waals surface area contributed by atoms with Gasteiger partial charge < -0.3 is 0 Å². The third kappa shape index (κ3) is 2.98. The minimum Gasteiger partial charge on any atom is -0.166 e. The van der Waals surface area contributed by atoms with Gasteiger partial charge in [-0.25, -0.2) is 0 Å². The number of hydrogen-bond donors (Lipinski definition) is 0. The lowest BCUT2D eigenvalue weighted by molar-refractivity contribution is -0.137. The molecule has 0 N–H and O–H groups in total. The number of benzene rings is 1. The summed E-state index contributed by atoms with van der Waals surface area (Å²) in [6.45, 7) is 0. The summed E-state index contributed by atoms with van der Waals surface area (Å²) in [7, 11) is 0. The van der Waals surface area contributed by atoms with Crippen LogP contribution >= 0.6 is 31.9 Å². The van der Waals surface area contributed by atoms with E-state index in [2.05, 4.69) is 31.9 Å². The van der Waals surface area contributed by atoms with E-state index in [0.717, 1.165) is 12.1 Å². The first-order valence-electron chi connectivity index (χ1n) is 3.36. The molecule has 0 fully saturated rings. The van der Waals surface area contributed by atoms with E-state index < -0.39 is 11.7 Å². The Balaban J connectivity index is 3.06. The van der Waals surface area contributed by atoms with Crippen LogP contribution in [0.5, 0.6) is 0 Å². The van der Waals surface area contributed by atoms with Gasteiger partial charge in [-0.2, -0.15) is 13.2 Å². The van der Waals surface area contributed by atoms with Crippen molar-refractivity contribution in [3.63, 3.8) is 0 Å². The first-order chi connectivity index (χ1) is 5.91. The number of rotatable bonds is 1. The smallest absolute Gasteiger partial charge is 0.166 e. The fourth-order valence-electron chi connectivity index (χ4n) is 0.851. The molecule has 1 rings (SSSR count). The molecule has 0 saturated heterocycles. The largest absolute Gasteiger partial charge is 0.416 e. The first kappa shape index (κ1) is 11.0. The normalized spacial score (nSPS) is 12.2. The van der Waals surface area contributed by atoms with Crippen LogP contribution in [-0.4, -0.2) is 0 Å². The Hall–Kier alpha value is -0.0300. The van der Waals surface area contributed by atoms with Crippen LogP contribution in [0.4, 0.5) is 13.2 Å². The molecule has 0 aliphatic heterocycles. The molecule has 0 unspecified atom stereocenters. The van der Waals surface area contributed by atoms with E-state index in [1.54, 1.807) is 6.07 Å². The topological polar surface area (TPSA) is 0 Å². The number of alkyl halides is 5. The van der Waals surface area contributed by atoms with Crippen molar-refractivity contribution in [2.45, 2.75) is 9.91 Å². The Morgan fingerprint density at radius 1 is 1.15 bits per heavy atom. The lowest BCUT2D eigenvalue weighted by Gasteiger charge is -2.08. The Bertz CT molecular complexity index is 294. The second kappa shape index (κ2) is 4.00. The zero-order valence-corrected chi connectivity index (χ0v) is 9.45. The molecule has 0 saturated carbocycles. The van der Waals surface area contributed by atoms with Crippen molar-refractivity contribution in [3.8, 4) is 0 Å². The molecule has 0 spiro atoms. The molecule has 1 aromatic carbocycles. The highest BCUT2D eigenvalue weighted by atomic mass is 79.9. The van der Waals surface area contributed by atoms with Gasteiger partial charge in [-0.1, -0.05) is 44.0 Å². The Labute approximate surface area is 90.4 Å². The zero-order valence-electron chi connectivity index (χ0n) is 6.28. The third-order valence-corrected chi connectivity index (χ3v) is 2.52. The summed E-state index contributed by atoms with van der Waals surface area (Å²) in [5, 5.41) is 0. The predicted molar refractivity (Wildman–Crippen MR) is 52.0 cm³/mol. The van der Waals surface area contributed by atoms with Crippen molar-refractivity contribution in [3.05, 3.63) is 35.4 Å². The monoisotopic (exact) mass is 316 g/mol. The molecule has 72 valence electrons. The van der Waals surface area contributed by atoms with Gasteiger partial charge in [-0.15, -0.1) is 0 Å². The quantitative estimate of drug-likeness (QED) is 0.669. The van der Waals surface area contributed by atoms with E-state index in [1.165, 1.54) is 6.07 Å². The van der Waals surface area contributed by atoms with Gasteiger partial charge in [-0.3, -0.25) is 0 Å².